The maximum atomic E-state index is 11.9. The molecule has 0 atom stereocenters. The molecular weight excluding hydrogens is 267 g/mol. The zero-order valence-corrected chi connectivity index (χ0v) is 13.3. The molecular formula is C15H13NaO4. The SMILES string of the molecule is Cc1ccc(C(=O)O)cc1OC(=O)c1ccccc1.[H-].[Na+]. The molecule has 5 heteroatoms. The summed E-state index contributed by atoms with van der Waals surface area (Å²) in [5.74, 6) is -1.31. The quantitative estimate of drug-likeness (QED) is 0.489. The molecule has 0 saturated carbocycles. The Morgan fingerprint density at radius 1 is 1.05 bits per heavy atom. The fraction of sp³-hybridized carbons (Fsp3) is 0.0667. The number of hydrogen-bond acceptors (Lipinski definition) is 3. The molecule has 0 spiro atoms. The van der Waals surface area contributed by atoms with Crippen LogP contribution < -0.4 is 34.3 Å². The number of carbonyl (C=O) groups excluding carboxylic acids is 1. The number of aromatic carboxylic acids is 1. The van der Waals surface area contributed by atoms with Crippen molar-refractivity contribution in [2.24, 2.45) is 0 Å². The molecule has 20 heavy (non-hydrogen) atoms. The minimum Gasteiger partial charge on any atom is -1.00 e. The summed E-state index contributed by atoms with van der Waals surface area (Å²) >= 11 is 0. The summed E-state index contributed by atoms with van der Waals surface area (Å²) in [4.78, 5) is 22.8. The first-order valence-electron chi connectivity index (χ1n) is 5.69. The molecule has 0 saturated heterocycles. The molecule has 0 radical (unpaired) electrons. The van der Waals surface area contributed by atoms with Crippen molar-refractivity contribution in [1.29, 1.82) is 0 Å². The van der Waals surface area contributed by atoms with Crippen molar-refractivity contribution < 1.29 is 50.4 Å². The van der Waals surface area contributed by atoms with Gasteiger partial charge in [-0.2, -0.15) is 0 Å². The molecule has 0 aliphatic heterocycles. The van der Waals surface area contributed by atoms with E-state index in [4.69, 9.17) is 9.84 Å². The van der Waals surface area contributed by atoms with E-state index in [2.05, 4.69) is 0 Å². The van der Waals surface area contributed by atoms with Crippen molar-refractivity contribution in [2.75, 3.05) is 0 Å². The predicted octanol–water partition coefficient (Wildman–Crippen LogP) is 0.0289. The van der Waals surface area contributed by atoms with E-state index in [1.54, 1.807) is 43.3 Å². The Balaban J connectivity index is 0.00000200. The number of aryl methyl sites for hydroxylation is 1. The van der Waals surface area contributed by atoms with Crippen LogP contribution in [0.4, 0.5) is 0 Å². The van der Waals surface area contributed by atoms with Gasteiger partial charge in [0, 0.05) is 0 Å². The summed E-state index contributed by atoms with van der Waals surface area (Å²) in [5.41, 5.74) is 1.21. The van der Waals surface area contributed by atoms with Gasteiger partial charge in [-0.05, 0) is 36.8 Å². The Kier molecular flexibility index (Phi) is 5.95. The number of carboxylic acid groups (broad SMARTS) is 1. The van der Waals surface area contributed by atoms with Crippen molar-refractivity contribution in [3.8, 4) is 5.75 Å². The molecule has 0 unspecified atom stereocenters. The Morgan fingerprint density at radius 3 is 2.30 bits per heavy atom. The van der Waals surface area contributed by atoms with Crippen LogP contribution in [0.15, 0.2) is 48.5 Å². The molecule has 0 amide bonds. The van der Waals surface area contributed by atoms with Crippen molar-refractivity contribution in [2.45, 2.75) is 6.92 Å². The van der Waals surface area contributed by atoms with E-state index in [9.17, 15) is 9.59 Å². The predicted molar refractivity (Wildman–Crippen MR) is 70.7 cm³/mol. The van der Waals surface area contributed by atoms with Crippen LogP contribution in [0.3, 0.4) is 0 Å². The third kappa shape index (κ3) is 3.93. The first-order valence-corrected chi connectivity index (χ1v) is 5.69. The standard InChI is InChI=1S/C15H12O4.Na.H/c1-10-7-8-12(14(16)17)9-13(10)19-15(18)11-5-3-2-4-6-11;;/h2-9H,1H3,(H,16,17);;/q;+1;-1. The summed E-state index contributed by atoms with van der Waals surface area (Å²) in [6.45, 7) is 1.75. The summed E-state index contributed by atoms with van der Waals surface area (Å²) in [7, 11) is 0. The smallest absolute Gasteiger partial charge is 1.00 e. The summed E-state index contributed by atoms with van der Waals surface area (Å²) in [6.07, 6.45) is 0. The second-order valence-corrected chi connectivity index (χ2v) is 4.04. The minimum absolute atomic E-state index is 0. The maximum absolute atomic E-state index is 11.9. The molecule has 98 valence electrons. The molecule has 4 nitrogen and oxygen atoms in total. The van der Waals surface area contributed by atoms with Gasteiger partial charge in [-0.1, -0.05) is 24.3 Å². The summed E-state index contributed by atoms with van der Waals surface area (Å²) < 4.78 is 5.22. The van der Waals surface area contributed by atoms with Crippen LogP contribution in [-0.2, 0) is 0 Å². The minimum atomic E-state index is -1.06. The Morgan fingerprint density at radius 2 is 1.70 bits per heavy atom. The van der Waals surface area contributed by atoms with Crippen molar-refractivity contribution >= 4 is 11.9 Å². The van der Waals surface area contributed by atoms with Crippen LogP contribution in [0, 0.1) is 6.92 Å². The molecule has 0 aliphatic rings. The summed E-state index contributed by atoms with van der Waals surface area (Å²) in [6, 6.07) is 13.0. The van der Waals surface area contributed by atoms with E-state index in [1.807, 2.05) is 0 Å². The number of rotatable bonds is 3. The van der Waals surface area contributed by atoms with E-state index in [-0.39, 0.29) is 42.3 Å². The second kappa shape index (κ2) is 7.24. The molecule has 1 N–H and O–H groups in total. The molecule has 0 fully saturated rings. The van der Waals surface area contributed by atoms with E-state index in [1.165, 1.54) is 12.1 Å². The zero-order valence-electron chi connectivity index (χ0n) is 12.3. The molecule has 0 aromatic heterocycles. The largest absolute Gasteiger partial charge is 1.00 e. The molecule has 0 bridgehead atoms. The van der Waals surface area contributed by atoms with Gasteiger partial charge >= 0.3 is 41.5 Å². The van der Waals surface area contributed by atoms with Crippen LogP contribution in [-0.4, -0.2) is 17.0 Å². The van der Waals surface area contributed by atoms with E-state index >= 15 is 0 Å². The molecule has 0 aliphatic carbocycles. The Labute approximate surface area is 140 Å². The average Bonchev–Trinajstić information content (AvgIpc) is 2.42. The van der Waals surface area contributed by atoms with Crippen LogP contribution in [0.5, 0.6) is 5.75 Å². The van der Waals surface area contributed by atoms with Gasteiger partial charge in [-0.15, -0.1) is 0 Å². The van der Waals surface area contributed by atoms with Gasteiger partial charge < -0.3 is 11.3 Å². The van der Waals surface area contributed by atoms with Crippen LogP contribution in [0.1, 0.15) is 27.7 Å². The van der Waals surface area contributed by atoms with Crippen molar-refractivity contribution in [3.05, 3.63) is 65.2 Å². The fourth-order valence-corrected chi connectivity index (χ4v) is 1.58. The molecule has 2 rings (SSSR count). The van der Waals surface area contributed by atoms with Gasteiger partial charge in [-0.3, -0.25) is 0 Å². The topological polar surface area (TPSA) is 63.6 Å². The van der Waals surface area contributed by atoms with Crippen LogP contribution in [0.25, 0.3) is 0 Å². The number of carboxylic acids is 1. The first kappa shape index (κ1) is 16.4. The van der Waals surface area contributed by atoms with Gasteiger partial charge in [0.05, 0.1) is 11.1 Å². The van der Waals surface area contributed by atoms with Crippen LogP contribution in [0.2, 0.25) is 0 Å². The normalized spacial score (nSPS) is 9.45. The monoisotopic (exact) mass is 280 g/mol. The Hall–Kier alpha value is -1.62. The van der Waals surface area contributed by atoms with E-state index < -0.39 is 11.9 Å². The number of benzene rings is 2. The Bertz CT molecular complexity index is 629. The van der Waals surface area contributed by atoms with Gasteiger partial charge in [0.25, 0.3) is 0 Å². The third-order valence-electron chi connectivity index (χ3n) is 2.65. The van der Waals surface area contributed by atoms with Gasteiger partial charge in [0.2, 0.25) is 0 Å². The molecule has 0 heterocycles. The number of ether oxygens (including phenoxy) is 1. The second-order valence-electron chi connectivity index (χ2n) is 4.04. The number of carbonyl (C=O) groups is 2. The van der Waals surface area contributed by atoms with Crippen molar-refractivity contribution in [1.82, 2.24) is 0 Å². The van der Waals surface area contributed by atoms with Gasteiger partial charge in [-0.25, -0.2) is 9.59 Å². The first-order chi connectivity index (χ1) is 9.08. The van der Waals surface area contributed by atoms with E-state index in [0.29, 0.717) is 11.1 Å². The number of esters is 1. The van der Waals surface area contributed by atoms with Crippen LogP contribution >= 0.6 is 0 Å². The van der Waals surface area contributed by atoms with E-state index in [0.717, 1.165) is 0 Å². The van der Waals surface area contributed by atoms with Gasteiger partial charge in [0.1, 0.15) is 5.75 Å². The molecule has 2 aromatic carbocycles. The summed E-state index contributed by atoms with van der Waals surface area (Å²) in [5, 5.41) is 8.91. The number of hydrogen-bond donors (Lipinski definition) is 1. The van der Waals surface area contributed by atoms with Crippen molar-refractivity contribution in [3.63, 3.8) is 0 Å². The maximum Gasteiger partial charge on any atom is 1.00 e. The molecule has 2 aromatic rings. The zero-order chi connectivity index (χ0) is 13.8. The third-order valence-corrected chi connectivity index (χ3v) is 2.65. The van der Waals surface area contributed by atoms with Gasteiger partial charge in [0.15, 0.2) is 0 Å². The average molecular weight is 280 g/mol. The fourth-order valence-electron chi connectivity index (χ4n) is 1.58.